The molecule has 1 saturated heterocycles. The maximum Gasteiger partial charge on any atom is 0.329 e. The average molecular weight is 521 g/mol. The molecule has 3 atom stereocenters. The highest BCUT2D eigenvalue weighted by molar-refractivity contribution is 5.98. The SMILES string of the molecule is C[C@@H](CC(=O)[C@@H](CCCc1ccccc1)NC(=O)c1ccccc1)C(=O)N1CCC[C@H]1C(=O)OC(C)(C)C. The number of carbonyl (C=O) groups is 4. The zero-order valence-electron chi connectivity index (χ0n) is 22.9. The molecule has 1 aliphatic heterocycles. The van der Waals surface area contributed by atoms with E-state index in [4.69, 9.17) is 4.74 Å². The minimum Gasteiger partial charge on any atom is -0.458 e. The van der Waals surface area contributed by atoms with Gasteiger partial charge in [-0.15, -0.1) is 0 Å². The maximum atomic E-state index is 13.4. The Morgan fingerprint density at radius 3 is 2.26 bits per heavy atom. The van der Waals surface area contributed by atoms with Crippen molar-refractivity contribution in [1.29, 1.82) is 0 Å². The molecule has 3 rings (SSSR count). The summed E-state index contributed by atoms with van der Waals surface area (Å²) in [4.78, 5) is 53.8. The summed E-state index contributed by atoms with van der Waals surface area (Å²) in [5, 5.41) is 2.90. The van der Waals surface area contributed by atoms with Crippen molar-refractivity contribution in [2.24, 2.45) is 5.92 Å². The van der Waals surface area contributed by atoms with E-state index in [2.05, 4.69) is 5.32 Å². The minimum atomic E-state index is -0.707. The average Bonchev–Trinajstić information content (AvgIpc) is 3.38. The zero-order chi connectivity index (χ0) is 27.7. The Hall–Kier alpha value is -3.48. The molecule has 1 fully saturated rings. The number of ketones is 1. The Balaban J connectivity index is 1.65. The van der Waals surface area contributed by atoms with E-state index >= 15 is 0 Å². The Kier molecular flexibility index (Phi) is 10.2. The first-order valence-electron chi connectivity index (χ1n) is 13.5. The molecule has 2 aromatic rings. The fourth-order valence-corrected chi connectivity index (χ4v) is 4.76. The molecule has 0 bridgehead atoms. The van der Waals surface area contributed by atoms with Gasteiger partial charge in [-0.3, -0.25) is 14.4 Å². The normalized spacial score (nSPS) is 16.9. The summed E-state index contributed by atoms with van der Waals surface area (Å²) in [6, 6.07) is 17.5. The van der Waals surface area contributed by atoms with Gasteiger partial charge in [0, 0.05) is 24.4 Å². The summed E-state index contributed by atoms with van der Waals surface area (Å²) in [6.07, 6.45) is 3.22. The first kappa shape index (κ1) is 29.1. The number of carbonyl (C=O) groups excluding carboxylic acids is 4. The monoisotopic (exact) mass is 520 g/mol. The van der Waals surface area contributed by atoms with Gasteiger partial charge in [-0.1, -0.05) is 55.5 Å². The van der Waals surface area contributed by atoms with E-state index in [1.165, 1.54) is 5.56 Å². The number of nitrogens with zero attached hydrogens (tertiary/aromatic N) is 1. The molecule has 1 heterocycles. The van der Waals surface area contributed by atoms with Crippen molar-refractivity contribution in [1.82, 2.24) is 10.2 Å². The lowest BCUT2D eigenvalue weighted by molar-refractivity contribution is -0.163. The van der Waals surface area contributed by atoms with E-state index in [0.29, 0.717) is 37.8 Å². The smallest absolute Gasteiger partial charge is 0.329 e. The fourth-order valence-electron chi connectivity index (χ4n) is 4.76. The van der Waals surface area contributed by atoms with Crippen molar-refractivity contribution in [3.8, 4) is 0 Å². The van der Waals surface area contributed by atoms with Crippen LogP contribution in [-0.2, 0) is 25.5 Å². The van der Waals surface area contributed by atoms with Crippen LogP contribution in [-0.4, -0.2) is 52.7 Å². The number of aryl methyl sites for hydroxylation is 1. The highest BCUT2D eigenvalue weighted by Crippen LogP contribution is 2.24. The number of amides is 2. The predicted octanol–water partition coefficient (Wildman–Crippen LogP) is 4.74. The largest absolute Gasteiger partial charge is 0.458 e. The summed E-state index contributed by atoms with van der Waals surface area (Å²) in [7, 11) is 0. The molecular formula is C31H40N2O5. The molecule has 0 unspecified atom stereocenters. The van der Waals surface area contributed by atoms with Gasteiger partial charge in [0.2, 0.25) is 5.91 Å². The maximum absolute atomic E-state index is 13.4. The number of benzene rings is 2. The number of nitrogens with one attached hydrogen (secondary N) is 1. The third-order valence-electron chi connectivity index (χ3n) is 6.67. The van der Waals surface area contributed by atoms with Crippen LogP contribution < -0.4 is 5.32 Å². The van der Waals surface area contributed by atoms with Crippen LogP contribution in [0.2, 0.25) is 0 Å². The molecule has 2 amide bonds. The van der Waals surface area contributed by atoms with Crippen molar-refractivity contribution in [3.63, 3.8) is 0 Å². The van der Waals surface area contributed by atoms with E-state index in [0.717, 1.165) is 6.42 Å². The van der Waals surface area contributed by atoms with Gasteiger partial charge in [0.1, 0.15) is 11.6 Å². The van der Waals surface area contributed by atoms with Crippen LogP contribution >= 0.6 is 0 Å². The summed E-state index contributed by atoms with van der Waals surface area (Å²) >= 11 is 0. The summed E-state index contributed by atoms with van der Waals surface area (Å²) in [5.41, 5.74) is 1.01. The Bertz CT molecular complexity index is 1090. The molecular weight excluding hydrogens is 480 g/mol. The predicted molar refractivity (Wildman–Crippen MR) is 146 cm³/mol. The van der Waals surface area contributed by atoms with Crippen LogP contribution in [0.15, 0.2) is 60.7 Å². The van der Waals surface area contributed by atoms with Gasteiger partial charge >= 0.3 is 5.97 Å². The number of esters is 1. The topological polar surface area (TPSA) is 92.8 Å². The fraction of sp³-hybridized carbons (Fsp3) is 0.484. The van der Waals surface area contributed by atoms with Crippen molar-refractivity contribution < 1.29 is 23.9 Å². The van der Waals surface area contributed by atoms with Gasteiger partial charge in [-0.25, -0.2) is 4.79 Å². The number of hydrogen-bond donors (Lipinski definition) is 1. The number of Topliss-reactive ketones (excluding diaryl/α,β-unsaturated/α-hetero) is 1. The molecule has 1 N–H and O–H groups in total. The van der Waals surface area contributed by atoms with E-state index in [-0.39, 0.29) is 24.0 Å². The molecule has 0 radical (unpaired) electrons. The molecule has 1 aliphatic rings. The Morgan fingerprint density at radius 2 is 1.63 bits per heavy atom. The lowest BCUT2D eigenvalue weighted by atomic mass is 9.94. The van der Waals surface area contributed by atoms with Gasteiger partial charge in [0.15, 0.2) is 5.78 Å². The highest BCUT2D eigenvalue weighted by Gasteiger charge is 2.39. The van der Waals surface area contributed by atoms with Crippen LogP contribution in [0.25, 0.3) is 0 Å². The van der Waals surface area contributed by atoms with Gasteiger partial charge in [-0.2, -0.15) is 0 Å². The van der Waals surface area contributed by atoms with E-state index < -0.39 is 29.6 Å². The summed E-state index contributed by atoms with van der Waals surface area (Å²) in [6.45, 7) is 7.58. The first-order valence-corrected chi connectivity index (χ1v) is 13.5. The van der Waals surface area contributed by atoms with Crippen molar-refractivity contribution in [2.75, 3.05) is 6.54 Å². The number of ether oxygens (including phenoxy) is 1. The molecule has 7 heteroatoms. The van der Waals surface area contributed by atoms with Gasteiger partial charge in [0.05, 0.1) is 6.04 Å². The zero-order valence-corrected chi connectivity index (χ0v) is 22.9. The van der Waals surface area contributed by atoms with Crippen LogP contribution in [0.3, 0.4) is 0 Å². The van der Waals surface area contributed by atoms with Gasteiger partial charge in [0.25, 0.3) is 5.91 Å². The molecule has 2 aromatic carbocycles. The quantitative estimate of drug-likeness (QED) is 0.432. The van der Waals surface area contributed by atoms with Crippen molar-refractivity contribution >= 4 is 23.6 Å². The van der Waals surface area contributed by atoms with Gasteiger partial charge < -0.3 is 15.0 Å². The molecule has 0 aliphatic carbocycles. The summed E-state index contributed by atoms with van der Waals surface area (Å²) < 4.78 is 5.52. The molecule has 38 heavy (non-hydrogen) atoms. The minimum absolute atomic E-state index is 0.0125. The lowest BCUT2D eigenvalue weighted by Gasteiger charge is -2.29. The van der Waals surface area contributed by atoms with Crippen molar-refractivity contribution in [2.45, 2.75) is 83.9 Å². The van der Waals surface area contributed by atoms with Gasteiger partial charge in [-0.05, 0) is 70.6 Å². The van der Waals surface area contributed by atoms with E-state index in [1.54, 1.807) is 56.9 Å². The summed E-state index contributed by atoms with van der Waals surface area (Å²) in [5.74, 6) is -1.75. The van der Waals surface area contributed by atoms with Crippen LogP contribution in [0.1, 0.15) is 75.7 Å². The molecule has 204 valence electrons. The second-order valence-corrected chi connectivity index (χ2v) is 11.1. The Morgan fingerprint density at radius 1 is 1.00 bits per heavy atom. The van der Waals surface area contributed by atoms with Crippen LogP contribution in [0.5, 0.6) is 0 Å². The molecule has 0 spiro atoms. The molecule has 0 saturated carbocycles. The van der Waals surface area contributed by atoms with E-state index in [1.807, 2.05) is 36.4 Å². The third kappa shape index (κ3) is 8.54. The number of hydrogen-bond acceptors (Lipinski definition) is 5. The standard InChI is InChI=1S/C31H40N2O5/c1-22(29(36)33-20-12-19-26(33)30(37)38-31(2,3)4)21-27(34)25(18-11-15-23-13-7-5-8-14-23)32-28(35)24-16-9-6-10-17-24/h5-10,13-14,16-17,22,25-26H,11-12,15,18-21H2,1-4H3,(H,32,35)/t22-,25+,26-/m0/s1. The highest BCUT2D eigenvalue weighted by atomic mass is 16.6. The van der Waals surface area contributed by atoms with Crippen LogP contribution in [0, 0.1) is 5.92 Å². The second-order valence-electron chi connectivity index (χ2n) is 11.1. The number of rotatable bonds is 11. The molecule has 0 aromatic heterocycles. The molecule has 7 nitrogen and oxygen atoms in total. The second kappa shape index (κ2) is 13.4. The third-order valence-corrected chi connectivity index (χ3v) is 6.67. The van der Waals surface area contributed by atoms with Crippen LogP contribution in [0.4, 0.5) is 0 Å². The van der Waals surface area contributed by atoms with Crippen molar-refractivity contribution in [3.05, 3.63) is 71.8 Å². The Labute approximate surface area is 225 Å². The first-order chi connectivity index (χ1) is 18.0. The van der Waals surface area contributed by atoms with E-state index in [9.17, 15) is 19.2 Å². The lowest BCUT2D eigenvalue weighted by Crippen LogP contribution is -2.47. The number of likely N-dealkylation sites (tertiary alicyclic amines) is 1.